The highest BCUT2D eigenvalue weighted by molar-refractivity contribution is 7.81. The number of ether oxygens (including phenoxy) is 2. The van der Waals surface area contributed by atoms with Gasteiger partial charge in [-0.25, -0.2) is 4.98 Å². The van der Waals surface area contributed by atoms with Crippen molar-refractivity contribution in [1.82, 2.24) is 14.9 Å². The smallest absolute Gasteiger partial charge is 0.267 e. The molecule has 2 aliphatic heterocycles. The average molecular weight is 709 g/mol. The minimum atomic E-state index is -0.359. The summed E-state index contributed by atoms with van der Waals surface area (Å²) >= 11 is 4.44. The van der Waals surface area contributed by atoms with Gasteiger partial charge in [0.25, 0.3) is 11.8 Å². The SMILES string of the molecule is COc1cc2c(cc1OCCCC(=O)Nc1cccc(C(=O)Cc3cc(C(=O)NCC(C)(C)S)n(C)c3)n1)N=C[C@@H]1Cc3ccccc3N1C2=O. The van der Waals surface area contributed by atoms with E-state index in [-0.39, 0.29) is 65.3 Å². The third-order valence-corrected chi connectivity index (χ3v) is 8.74. The van der Waals surface area contributed by atoms with E-state index in [1.54, 1.807) is 65.3 Å². The van der Waals surface area contributed by atoms with E-state index in [9.17, 15) is 19.2 Å². The molecule has 2 N–H and O–H groups in total. The number of hydrogen-bond acceptors (Lipinski definition) is 9. The van der Waals surface area contributed by atoms with Gasteiger partial charge in [0.2, 0.25) is 5.91 Å². The number of rotatable bonds is 13. The zero-order valence-electron chi connectivity index (χ0n) is 28.9. The Bertz CT molecular complexity index is 2030. The number of aryl methyl sites for hydroxylation is 1. The van der Waals surface area contributed by atoms with Crippen molar-refractivity contribution in [2.45, 2.75) is 50.3 Å². The van der Waals surface area contributed by atoms with Gasteiger partial charge in [-0.15, -0.1) is 0 Å². The van der Waals surface area contributed by atoms with Crippen molar-refractivity contribution >= 4 is 59.5 Å². The third-order valence-electron chi connectivity index (χ3n) is 8.58. The first-order valence-corrected chi connectivity index (χ1v) is 17.1. The molecule has 0 aliphatic carbocycles. The molecule has 264 valence electrons. The summed E-state index contributed by atoms with van der Waals surface area (Å²) in [7, 11) is 3.26. The Morgan fingerprint density at radius 1 is 1.06 bits per heavy atom. The predicted molar refractivity (Wildman–Crippen MR) is 198 cm³/mol. The van der Waals surface area contributed by atoms with Gasteiger partial charge in [-0.1, -0.05) is 24.3 Å². The van der Waals surface area contributed by atoms with Crippen molar-refractivity contribution < 1.29 is 28.7 Å². The molecule has 1 atom stereocenters. The number of carbonyl (C=O) groups excluding carboxylic acids is 4. The minimum Gasteiger partial charge on any atom is -0.493 e. The van der Waals surface area contributed by atoms with Crippen LogP contribution in [0.5, 0.6) is 11.5 Å². The third kappa shape index (κ3) is 8.15. The van der Waals surface area contributed by atoms with Crippen LogP contribution in [0.4, 0.5) is 17.2 Å². The fraction of sp³-hybridized carbons (Fsp3) is 0.316. The molecule has 4 aromatic rings. The van der Waals surface area contributed by atoms with Gasteiger partial charge >= 0.3 is 0 Å². The molecular formula is C38H40N6O6S. The van der Waals surface area contributed by atoms with Crippen molar-refractivity contribution in [3.05, 3.63) is 94.9 Å². The normalized spacial score (nSPS) is 14.6. The molecule has 0 spiro atoms. The molecule has 0 saturated heterocycles. The zero-order chi connectivity index (χ0) is 36.3. The maximum absolute atomic E-state index is 13.6. The summed E-state index contributed by atoms with van der Waals surface area (Å²) in [5, 5.41) is 5.60. The van der Waals surface area contributed by atoms with E-state index < -0.39 is 0 Å². The Morgan fingerprint density at radius 2 is 1.86 bits per heavy atom. The lowest BCUT2D eigenvalue weighted by Gasteiger charge is -2.22. The van der Waals surface area contributed by atoms with Gasteiger partial charge in [-0.05, 0) is 61.7 Å². The second-order valence-electron chi connectivity index (χ2n) is 13.2. The van der Waals surface area contributed by atoms with Crippen molar-refractivity contribution in [2.24, 2.45) is 12.0 Å². The van der Waals surface area contributed by atoms with Crippen molar-refractivity contribution in [3.63, 3.8) is 0 Å². The minimum absolute atomic E-state index is 0.0410. The predicted octanol–water partition coefficient (Wildman–Crippen LogP) is 5.38. The van der Waals surface area contributed by atoms with Crippen LogP contribution in [0.2, 0.25) is 0 Å². The fourth-order valence-corrected chi connectivity index (χ4v) is 6.17. The highest BCUT2D eigenvalue weighted by Gasteiger charge is 2.36. The number of fused-ring (bicyclic) bond motifs is 4. The number of Topliss-reactive ketones (excluding diaryl/α,β-unsaturated/α-hetero) is 1. The lowest BCUT2D eigenvalue weighted by atomic mass is 10.1. The number of aliphatic imine (C=N–C) groups is 1. The molecule has 0 unspecified atom stereocenters. The monoisotopic (exact) mass is 708 g/mol. The molecule has 2 aromatic carbocycles. The van der Waals surface area contributed by atoms with Crippen LogP contribution in [0.15, 0.2) is 71.9 Å². The number of ketones is 1. The number of hydrogen-bond donors (Lipinski definition) is 3. The van der Waals surface area contributed by atoms with Crippen molar-refractivity contribution in [2.75, 3.05) is 30.5 Å². The highest BCUT2D eigenvalue weighted by atomic mass is 32.1. The molecular weight excluding hydrogens is 669 g/mol. The van der Waals surface area contributed by atoms with Crippen LogP contribution in [0.1, 0.15) is 69.2 Å². The number of nitrogens with one attached hydrogen (secondary N) is 2. The molecule has 4 heterocycles. The molecule has 6 rings (SSSR count). The van der Waals surface area contributed by atoms with Crippen molar-refractivity contribution in [1.29, 1.82) is 0 Å². The Hall–Kier alpha value is -5.43. The Morgan fingerprint density at radius 3 is 2.65 bits per heavy atom. The summed E-state index contributed by atoms with van der Waals surface area (Å²) in [5.41, 5.74) is 4.21. The van der Waals surface area contributed by atoms with Gasteiger partial charge in [0, 0.05) is 61.8 Å². The zero-order valence-corrected chi connectivity index (χ0v) is 29.8. The van der Waals surface area contributed by atoms with Gasteiger partial charge in [0.1, 0.15) is 17.2 Å². The number of thiol groups is 1. The van der Waals surface area contributed by atoms with Gasteiger partial charge < -0.3 is 24.7 Å². The molecule has 12 nitrogen and oxygen atoms in total. The van der Waals surface area contributed by atoms with E-state index >= 15 is 0 Å². The van der Waals surface area contributed by atoms with Gasteiger partial charge in [-0.2, -0.15) is 12.6 Å². The number of nitrogens with zero attached hydrogens (tertiary/aromatic N) is 4. The maximum atomic E-state index is 13.6. The maximum Gasteiger partial charge on any atom is 0.267 e. The van der Waals surface area contributed by atoms with E-state index in [4.69, 9.17) is 9.47 Å². The summed E-state index contributed by atoms with van der Waals surface area (Å²) in [6.45, 7) is 4.41. The van der Waals surface area contributed by atoms with E-state index in [0.29, 0.717) is 53.4 Å². The van der Waals surface area contributed by atoms with Gasteiger partial charge in [0.05, 0.1) is 31.0 Å². The quantitative estimate of drug-likeness (QED) is 0.0962. The lowest BCUT2D eigenvalue weighted by molar-refractivity contribution is -0.116. The van der Waals surface area contributed by atoms with Crippen LogP contribution in [-0.4, -0.2) is 70.3 Å². The Kier molecular flexibility index (Phi) is 10.3. The highest BCUT2D eigenvalue weighted by Crippen LogP contribution is 2.40. The second kappa shape index (κ2) is 14.8. The summed E-state index contributed by atoms with van der Waals surface area (Å²) in [6.07, 6.45) is 4.80. The molecule has 2 aliphatic rings. The first-order valence-electron chi connectivity index (χ1n) is 16.7. The topological polar surface area (TPSA) is 144 Å². The van der Waals surface area contributed by atoms with Crippen LogP contribution in [-0.2, 0) is 24.7 Å². The van der Waals surface area contributed by atoms with Crippen LogP contribution in [0.25, 0.3) is 0 Å². The number of aromatic nitrogens is 2. The number of benzene rings is 2. The summed E-state index contributed by atoms with van der Waals surface area (Å²) in [4.78, 5) is 62.9. The fourth-order valence-electron chi connectivity index (χ4n) is 6.09. The largest absolute Gasteiger partial charge is 0.493 e. The number of para-hydroxylation sites is 1. The molecule has 13 heteroatoms. The molecule has 2 aromatic heterocycles. The lowest BCUT2D eigenvalue weighted by Crippen LogP contribution is -2.37. The van der Waals surface area contributed by atoms with Gasteiger partial charge in [0.15, 0.2) is 17.3 Å². The average Bonchev–Trinajstić information content (AvgIpc) is 3.63. The molecule has 0 bridgehead atoms. The van der Waals surface area contributed by atoms with Crippen LogP contribution in [0, 0.1) is 0 Å². The van der Waals surface area contributed by atoms with Crippen LogP contribution >= 0.6 is 12.6 Å². The number of methoxy groups -OCH3 is 1. The Balaban J connectivity index is 1.01. The number of anilines is 2. The molecule has 0 radical (unpaired) electrons. The van der Waals surface area contributed by atoms with E-state index in [1.807, 2.05) is 38.1 Å². The summed E-state index contributed by atoms with van der Waals surface area (Å²) in [5.74, 6) is 0.133. The van der Waals surface area contributed by atoms with E-state index in [1.165, 1.54) is 7.11 Å². The van der Waals surface area contributed by atoms with E-state index in [0.717, 1.165) is 11.3 Å². The standard InChI is InChI=1S/C38H40N6O6S/c1-38(2,51)22-40-36(47)30-15-23(21-43(30)3)16-31(45)27-10-7-12-34(41-27)42-35(46)13-8-14-50-33-19-28-26(18-32(33)49-4)37(48)44-25(20-39-28)17-24-9-5-6-11-29(24)44/h5-7,9-12,15,18-21,25,51H,8,13-14,16-17,22H2,1-4H3,(H,40,47)(H,41,42,46)/t25-/m0/s1. The first kappa shape index (κ1) is 35.4. The summed E-state index contributed by atoms with van der Waals surface area (Å²) < 4.78 is 12.9. The molecule has 0 fully saturated rings. The molecule has 3 amide bonds. The van der Waals surface area contributed by atoms with Crippen LogP contribution in [0.3, 0.4) is 0 Å². The number of amides is 3. The van der Waals surface area contributed by atoms with Gasteiger partial charge in [-0.3, -0.25) is 29.1 Å². The van der Waals surface area contributed by atoms with Crippen LogP contribution < -0.4 is 25.0 Å². The molecule has 51 heavy (non-hydrogen) atoms. The van der Waals surface area contributed by atoms with E-state index in [2.05, 4.69) is 33.2 Å². The number of carbonyl (C=O) groups is 4. The molecule has 0 saturated carbocycles. The summed E-state index contributed by atoms with van der Waals surface area (Å²) in [6, 6.07) is 17.6. The second-order valence-corrected chi connectivity index (χ2v) is 14.4. The number of pyridine rings is 1. The van der Waals surface area contributed by atoms with Crippen molar-refractivity contribution in [3.8, 4) is 11.5 Å². The Labute approximate surface area is 301 Å². The first-order chi connectivity index (χ1) is 24.4.